The highest BCUT2D eigenvalue weighted by molar-refractivity contribution is 5.97. The number of ether oxygens (including phenoxy) is 3. The lowest BCUT2D eigenvalue weighted by Crippen LogP contribution is -2.28. The summed E-state index contributed by atoms with van der Waals surface area (Å²) in [4.78, 5) is 23.7. The van der Waals surface area contributed by atoms with E-state index >= 15 is 0 Å². The number of esters is 1. The van der Waals surface area contributed by atoms with Crippen molar-refractivity contribution in [3.63, 3.8) is 0 Å². The summed E-state index contributed by atoms with van der Waals surface area (Å²) in [5, 5.41) is 28.8. The maximum atomic E-state index is 12.1. The molecule has 154 valence electrons. The zero-order valence-electron chi connectivity index (χ0n) is 15.9. The third-order valence-electron chi connectivity index (χ3n) is 4.72. The molecule has 8 nitrogen and oxygen atoms in total. The quantitative estimate of drug-likeness (QED) is 0.349. The average molecular weight is 402 g/mol. The Balaban J connectivity index is 1.68. The molecule has 0 aromatic heterocycles. The molecule has 0 spiro atoms. The summed E-state index contributed by atoms with van der Waals surface area (Å²) in [5.74, 6) is -0.229. The van der Waals surface area contributed by atoms with Crippen molar-refractivity contribution >= 4 is 12.3 Å². The van der Waals surface area contributed by atoms with E-state index < -0.39 is 12.3 Å². The van der Waals surface area contributed by atoms with Gasteiger partial charge in [-0.2, -0.15) is 0 Å². The van der Waals surface area contributed by atoms with Gasteiger partial charge in [-0.15, -0.1) is 0 Å². The van der Waals surface area contributed by atoms with Crippen molar-refractivity contribution in [3.8, 4) is 23.0 Å². The van der Waals surface area contributed by atoms with Crippen LogP contribution in [-0.4, -0.2) is 47.6 Å². The van der Waals surface area contributed by atoms with Gasteiger partial charge in [0, 0.05) is 12.5 Å². The lowest BCUT2D eigenvalue weighted by molar-refractivity contribution is -0.0688. The molecule has 0 bridgehead atoms. The maximum absolute atomic E-state index is 12.1. The number of aryl methyl sites for hydroxylation is 1. The number of aldehydes is 1. The molecule has 0 saturated carbocycles. The Morgan fingerprint density at radius 3 is 2.72 bits per heavy atom. The molecule has 0 fully saturated rings. The number of phenols is 2. The molecule has 2 aromatic carbocycles. The highest BCUT2D eigenvalue weighted by Crippen LogP contribution is 2.38. The fourth-order valence-electron chi connectivity index (χ4n) is 3.31. The molecular weight excluding hydrogens is 380 g/mol. The molecule has 0 radical (unpaired) electrons. The number of fused-ring (bicyclic) bond motifs is 1. The number of carbonyl (C=O) groups is 2. The number of methoxy groups -OCH3 is 1. The van der Waals surface area contributed by atoms with E-state index in [0.29, 0.717) is 37.7 Å². The molecule has 0 saturated heterocycles. The first-order chi connectivity index (χ1) is 13.9. The van der Waals surface area contributed by atoms with Crippen molar-refractivity contribution in [3.05, 3.63) is 46.5 Å². The van der Waals surface area contributed by atoms with E-state index in [2.05, 4.69) is 0 Å². The highest BCUT2D eigenvalue weighted by Gasteiger charge is 2.31. The first kappa shape index (κ1) is 20.5. The van der Waals surface area contributed by atoms with E-state index in [-0.39, 0.29) is 40.5 Å². The fraction of sp³-hybridized carbons (Fsp3) is 0.333. The first-order valence-electron chi connectivity index (χ1n) is 9.16. The number of cyclic esters (lactones) is 1. The Labute approximate surface area is 167 Å². The molecule has 3 N–H and O–H groups in total. The second kappa shape index (κ2) is 8.83. The van der Waals surface area contributed by atoms with Gasteiger partial charge in [0.05, 0.1) is 24.8 Å². The lowest BCUT2D eigenvalue weighted by Gasteiger charge is -2.24. The number of aromatic hydroxyl groups is 2. The second-order valence-electron chi connectivity index (χ2n) is 6.65. The zero-order valence-corrected chi connectivity index (χ0v) is 15.9. The first-order valence-corrected chi connectivity index (χ1v) is 9.16. The summed E-state index contributed by atoms with van der Waals surface area (Å²) in [6, 6.07) is 5.93. The van der Waals surface area contributed by atoms with Gasteiger partial charge in [-0.25, -0.2) is 4.79 Å². The van der Waals surface area contributed by atoms with Crippen LogP contribution in [0.1, 0.15) is 44.7 Å². The van der Waals surface area contributed by atoms with E-state index in [1.54, 1.807) is 6.07 Å². The fourth-order valence-corrected chi connectivity index (χ4v) is 3.31. The molecule has 0 aliphatic carbocycles. The van der Waals surface area contributed by atoms with Gasteiger partial charge in [-0.05, 0) is 42.5 Å². The predicted molar refractivity (Wildman–Crippen MR) is 102 cm³/mol. The lowest BCUT2D eigenvalue weighted by atomic mass is 9.95. The summed E-state index contributed by atoms with van der Waals surface area (Å²) in [7, 11) is 1.40. The van der Waals surface area contributed by atoms with Gasteiger partial charge in [0.1, 0.15) is 11.5 Å². The van der Waals surface area contributed by atoms with Gasteiger partial charge in [0.25, 0.3) is 0 Å². The summed E-state index contributed by atoms with van der Waals surface area (Å²) in [5.41, 5.74) is 1.42. The Bertz CT molecular complexity index is 921. The van der Waals surface area contributed by atoms with Crippen molar-refractivity contribution in [2.45, 2.75) is 32.0 Å². The minimum absolute atomic E-state index is 0.00189. The van der Waals surface area contributed by atoms with Gasteiger partial charge in [0.15, 0.2) is 17.8 Å². The molecule has 1 atom stereocenters. The zero-order chi connectivity index (χ0) is 21.0. The molecule has 3 rings (SSSR count). The van der Waals surface area contributed by atoms with Crippen LogP contribution in [0.2, 0.25) is 0 Å². The minimum Gasteiger partial charge on any atom is -0.508 e. The van der Waals surface area contributed by atoms with E-state index in [1.807, 2.05) is 0 Å². The van der Waals surface area contributed by atoms with Gasteiger partial charge < -0.3 is 29.5 Å². The third-order valence-corrected chi connectivity index (χ3v) is 4.72. The van der Waals surface area contributed by atoms with Gasteiger partial charge in [0.2, 0.25) is 6.29 Å². The van der Waals surface area contributed by atoms with Crippen LogP contribution in [0.15, 0.2) is 24.3 Å². The number of carbonyl (C=O) groups excluding carboxylic acids is 2. The number of aliphatic hydroxyl groups is 1. The number of phenolic OH excluding ortho intramolecular Hbond substituents is 2. The maximum Gasteiger partial charge on any atom is 0.340 e. The SMILES string of the molecule is COc1c(OCCCCc2ccc(O)cc2O)cc2c(c1C=O)CC(O)OC2=O. The number of hydrogen-bond acceptors (Lipinski definition) is 8. The van der Waals surface area contributed by atoms with Crippen LogP contribution >= 0.6 is 0 Å². The van der Waals surface area contributed by atoms with Crippen molar-refractivity contribution in [2.75, 3.05) is 13.7 Å². The Morgan fingerprint density at radius 1 is 1.24 bits per heavy atom. The van der Waals surface area contributed by atoms with Crippen LogP contribution in [-0.2, 0) is 17.6 Å². The topological polar surface area (TPSA) is 123 Å². The number of benzene rings is 2. The number of rotatable bonds is 8. The molecule has 29 heavy (non-hydrogen) atoms. The van der Waals surface area contributed by atoms with Gasteiger partial charge >= 0.3 is 5.97 Å². The number of unbranched alkanes of at least 4 members (excludes halogenated alkanes) is 1. The molecular formula is C21H22O8. The van der Waals surface area contributed by atoms with E-state index in [0.717, 1.165) is 5.56 Å². The minimum atomic E-state index is -1.30. The standard InChI is InChI=1S/C21H22O8/c1-27-20-16(11-22)14-10-19(25)29-21(26)15(14)9-18(20)28-7-3-2-4-12-5-6-13(23)8-17(12)24/h5-6,8-9,11,19,23-25H,2-4,7,10H2,1H3. The van der Waals surface area contributed by atoms with Crippen LogP contribution in [0.5, 0.6) is 23.0 Å². The van der Waals surface area contributed by atoms with Crippen molar-refractivity contribution < 1.29 is 39.1 Å². The number of hydrogen-bond donors (Lipinski definition) is 3. The summed E-state index contributed by atoms with van der Waals surface area (Å²) >= 11 is 0. The van der Waals surface area contributed by atoms with Crippen LogP contribution in [0.3, 0.4) is 0 Å². The molecule has 1 heterocycles. The van der Waals surface area contributed by atoms with Crippen LogP contribution in [0.25, 0.3) is 0 Å². The van der Waals surface area contributed by atoms with Crippen LogP contribution < -0.4 is 9.47 Å². The van der Waals surface area contributed by atoms with Gasteiger partial charge in [-0.3, -0.25) is 4.79 Å². The molecule has 8 heteroatoms. The second-order valence-corrected chi connectivity index (χ2v) is 6.65. The molecule has 1 unspecified atom stereocenters. The largest absolute Gasteiger partial charge is 0.508 e. The van der Waals surface area contributed by atoms with Gasteiger partial charge in [-0.1, -0.05) is 6.07 Å². The predicted octanol–water partition coefficient (Wildman–Crippen LogP) is 2.35. The summed E-state index contributed by atoms with van der Waals surface area (Å²) in [6.45, 7) is 0.296. The smallest absolute Gasteiger partial charge is 0.340 e. The monoisotopic (exact) mass is 402 g/mol. The molecule has 2 aromatic rings. The highest BCUT2D eigenvalue weighted by atomic mass is 16.6. The summed E-state index contributed by atoms with van der Waals surface area (Å²) < 4.78 is 15.9. The van der Waals surface area contributed by atoms with Crippen molar-refractivity contribution in [2.24, 2.45) is 0 Å². The number of aliphatic hydroxyl groups excluding tert-OH is 1. The van der Waals surface area contributed by atoms with Crippen LogP contribution in [0, 0.1) is 0 Å². The summed E-state index contributed by atoms with van der Waals surface area (Å²) in [6.07, 6.45) is 1.22. The molecule has 1 aliphatic heterocycles. The van der Waals surface area contributed by atoms with Crippen molar-refractivity contribution in [1.29, 1.82) is 0 Å². The van der Waals surface area contributed by atoms with E-state index in [1.165, 1.54) is 25.3 Å². The average Bonchev–Trinajstić information content (AvgIpc) is 2.68. The molecule has 1 aliphatic rings. The van der Waals surface area contributed by atoms with E-state index in [4.69, 9.17) is 14.2 Å². The van der Waals surface area contributed by atoms with Crippen molar-refractivity contribution in [1.82, 2.24) is 0 Å². The Morgan fingerprint density at radius 2 is 2.03 bits per heavy atom. The third kappa shape index (κ3) is 4.43. The normalized spacial score (nSPS) is 15.4. The molecule has 0 amide bonds. The Kier molecular flexibility index (Phi) is 6.23. The van der Waals surface area contributed by atoms with E-state index in [9.17, 15) is 24.9 Å². The Hall–Kier alpha value is -3.26. The van der Waals surface area contributed by atoms with Crippen LogP contribution in [0.4, 0.5) is 0 Å².